The summed E-state index contributed by atoms with van der Waals surface area (Å²) in [7, 11) is -5.24. The lowest BCUT2D eigenvalue weighted by Gasteiger charge is -2.27. The number of nitrogens with one attached hydrogen (secondary N) is 1. The van der Waals surface area contributed by atoms with Gasteiger partial charge in [-0.1, -0.05) is 12.8 Å². The number of esters is 1. The zero-order valence-electron chi connectivity index (χ0n) is 12.5. The number of carbonyl (C=O) groups is 1. The van der Waals surface area contributed by atoms with Gasteiger partial charge in [0.05, 0.1) is 6.61 Å². The number of hydrogen-bond donors (Lipinski definition) is 5. The van der Waals surface area contributed by atoms with Gasteiger partial charge in [0.2, 0.25) is 0 Å². The van der Waals surface area contributed by atoms with Crippen molar-refractivity contribution in [1.29, 1.82) is 0 Å². The van der Waals surface area contributed by atoms with E-state index in [0.29, 0.717) is 12.8 Å². The second-order valence-electron chi connectivity index (χ2n) is 4.79. The number of unbranched alkanes of at least 4 members (excludes halogenated alkanes) is 1. The van der Waals surface area contributed by atoms with Crippen LogP contribution in [0.2, 0.25) is 6.32 Å². The third-order valence-corrected chi connectivity index (χ3v) is 3.50. The summed E-state index contributed by atoms with van der Waals surface area (Å²) < 4.78 is 28.6. The first-order valence-corrected chi connectivity index (χ1v) is 8.25. The van der Waals surface area contributed by atoms with Gasteiger partial charge in [-0.15, -0.1) is 12.4 Å². The van der Waals surface area contributed by atoms with E-state index in [2.05, 4.69) is 4.72 Å². The highest BCUT2D eigenvalue weighted by Gasteiger charge is 2.34. The quantitative estimate of drug-likeness (QED) is 0.169. The molecule has 0 radical (unpaired) electrons. The van der Waals surface area contributed by atoms with E-state index in [0.717, 1.165) is 0 Å². The molecule has 9 nitrogen and oxygen atoms in total. The Kier molecular flexibility index (Phi) is 12.1. The van der Waals surface area contributed by atoms with Gasteiger partial charge in [-0.25, -0.2) is 9.86 Å². The molecule has 1 unspecified atom stereocenters. The molecule has 0 aromatic carbocycles. The van der Waals surface area contributed by atoms with Crippen molar-refractivity contribution >= 4 is 35.7 Å². The van der Waals surface area contributed by atoms with Crippen molar-refractivity contribution in [2.24, 2.45) is 10.9 Å². The maximum Gasteiger partial charge on any atom is 0.451 e. The first-order valence-electron chi connectivity index (χ1n) is 6.70. The molecule has 0 rings (SSSR count). The molecule has 0 fully saturated rings. The average molecular weight is 362 g/mol. The molecule has 12 heteroatoms. The van der Waals surface area contributed by atoms with Crippen molar-refractivity contribution in [2.75, 3.05) is 13.2 Å². The molecule has 0 aliphatic rings. The minimum atomic E-state index is -3.84. The number of carbonyl (C=O) groups excluding carboxylic acids is 1. The lowest BCUT2D eigenvalue weighted by atomic mass is 9.81. The van der Waals surface area contributed by atoms with E-state index < -0.39 is 28.8 Å². The van der Waals surface area contributed by atoms with Crippen LogP contribution < -0.4 is 15.6 Å². The van der Waals surface area contributed by atoms with Gasteiger partial charge in [0.25, 0.3) is 10.2 Å². The molecule has 0 aliphatic carbocycles. The summed E-state index contributed by atoms with van der Waals surface area (Å²) in [6, 6.07) is 0. The molecule has 0 amide bonds. The molecular formula is C10H25BClN3O6S. The molecule has 0 aromatic heterocycles. The predicted molar refractivity (Wildman–Crippen MR) is 85.4 cm³/mol. The maximum absolute atomic E-state index is 11.9. The first-order chi connectivity index (χ1) is 9.60. The van der Waals surface area contributed by atoms with Gasteiger partial charge >= 0.3 is 13.1 Å². The van der Waals surface area contributed by atoms with Gasteiger partial charge in [-0.05, 0) is 26.1 Å². The van der Waals surface area contributed by atoms with Crippen LogP contribution in [0.1, 0.15) is 32.6 Å². The van der Waals surface area contributed by atoms with Crippen molar-refractivity contribution in [3.63, 3.8) is 0 Å². The molecule has 0 saturated carbocycles. The Morgan fingerprint density at radius 1 is 1.32 bits per heavy atom. The standard InChI is InChI=1S/C10H24BN3O6S.ClH/c1-2-20-9(15)10(12,5-3-4-7-11(16)17)6-8-14-21(13,18)19;/h14,16-17H,2-8,12H2,1H3,(H2,13,18,19);1H. The second kappa shape index (κ2) is 11.2. The van der Waals surface area contributed by atoms with Gasteiger partial charge < -0.3 is 20.5 Å². The zero-order valence-corrected chi connectivity index (χ0v) is 14.2. The van der Waals surface area contributed by atoms with Gasteiger partial charge in [0.1, 0.15) is 5.54 Å². The molecule has 0 heterocycles. The molecule has 22 heavy (non-hydrogen) atoms. The highest BCUT2D eigenvalue weighted by molar-refractivity contribution is 7.87. The van der Waals surface area contributed by atoms with Crippen LogP contribution in [-0.2, 0) is 19.7 Å². The Bertz CT molecular complexity index is 425. The van der Waals surface area contributed by atoms with Crippen molar-refractivity contribution in [3.05, 3.63) is 0 Å². The van der Waals surface area contributed by atoms with Gasteiger partial charge in [-0.2, -0.15) is 8.42 Å². The molecule has 0 spiro atoms. The summed E-state index contributed by atoms with van der Waals surface area (Å²) in [6.07, 6.45) is 1.39. The van der Waals surface area contributed by atoms with E-state index in [9.17, 15) is 13.2 Å². The molecule has 132 valence electrons. The van der Waals surface area contributed by atoms with E-state index >= 15 is 0 Å². The Hall–Kier alpha value is -0.425. The number of halogens is 1. The van der Waals surface area contributed by atoms with E-state index in [1.54, 1.807) is 6.92 Å². The fourth-order valence-corrected chi connectivity index (χ4v) is 2.17. The molecule has 0 saturated heterocycles. The summed E-state index contributed by atoms with van der Waals surface area (Å²) in [4.78, 5) is 11.9. The number of rotatable bonds is 11. The number of ether oxygens (including phenoxy) is 1. The predicted octanol–water partition coefficient (Wildman–Crippen LogP) is -1.50. The highest BCUT2D eigenvalue weighted by atomic mass is 35.5. The Morgan fingerprint density at radius 2 is 1.91 bits per heavy atom. The largest absolute Gasteiger partial charge is 0.465 e. The zero-order chi connectivity index (χ0) is 16.5. The minimum Gasteiger partial charge on any atom is -0.465 e. The summed E-state index contributed by atoms with van der Waals surface area (Å²) in [5.74, 6) is -0.620. The highest BCUT2D eigenvalue weighted by Crippen LogP contribution is 2.19. The average Bonchev–Trinajstić information content (AvgIpc) is 2.33. The van der Waals surface area contributed by atoms with Crippen LogP contribution in [0, 0.1) is 0 Å². The molecule has 0 bridgehead atoms. The summed E-state index contributed by atoms with van der Waals surface area (Å²) in [5, 5.41) is 22.3. The van der Waals surface area contributed by atoms with E-state index in [-0.39, 0.29) is 44.7 Å². The SMILES string of the molecule is CCOC(=O)C(N)(CCCCB(O)O)CCNS(N)(=O)=O.Cl. The van der Waals surface area contributed by atoms with Crippen LogP contribution in [0.5, 0.6) is 0 Å². The number of nitrogens with two attached hydrogens (primary N) is 2. The maximum atomic E-state index is 11.9. The van der Waals surface area contributed by atoms with Crippen molar-refractivity contribution in [1.82, 2.24) is 4.72 Å². The Morgan fingerprint density at radius 3 is 2.36 bits per heavy atom. The molecule has 0 aromatic rings. The Balaban J connectivity index is 0. The number of hydrogen-bond acceptors (Lipinski definition) is 7. The van der Waals surface area contributed by atoms with E-state index in [1.165, 1.54) is 0 Å². The fourth-order valence-electron chi connectivity index (χ4n) is 1.79. The van der Waals surface area contributed by atoms with Crippen molar-refractivity contribution in [3.8, 4) is 0 Å². The third kappa shape index (κ3) is 11.2. The van der Waals surface area contributed by atoms with Gasteiger partial charge in [0.15, 0.2) is 0 Å². The lowest BCUT2D eigenvalue weighted by molar-refractivity contribution is -0.150. The summed E-state index contributed by atoms with van der Waals surface area (Å²) in [5.41, 5.74) is 4.66. The molecule has 7 N–H and O–H groups in total. The molecule has 1 atom stereocenters. The van der Waals surface area contributed by atoms with Crippen molar-refractivity contribution < 1.29 is 28.0 Å². The summed E-state index contributed by atoms with van der Waals surface area (Å²) >= 11 is 0. The van der Waals surface area contributed by atoms with Crippen molar-refractivity contribution in [2.45, 2.75) is 44.5 Å². The second-order valence-corrected chi connectivity index (χ2v) is 6.17. The van der Waals surface area contributed by atoms with Crippen LogP contribution in [0.15, 0.2) is 0 Å². The van der Waals surface area contributed by atoms with Crippen LogP contribution in [0.3, 0.4) is 0 Å². The van der Waals surface area contributed by atoms with Crippen LogP contribution >= 0.6 is 12.4 Å². The van der Waals surface area contributed by atoms with E-state index in [1.807, 2.05) is 0 Å². The lowest BCUT2D eigenvalue weighted by Crippen LogP contribution is -2.51. The summed E-state index contributed by atoms with van der Waals surface area (Å²) in [6.45, 7) is 1.72. The molecule has 0 aliphatic heterocycles. The monoisotopic (exact) mass is 361 g/mol. The normalized spacial score (nSPS) is 13.9. The van der Waals surface area contributed by atoms with Gasteiger partial charge in [0, 0.05) is 6.54 Å². The topological polar surface area (TPSA) is 165 Å². The van der Waals surface area contributed by atoms with Crippen LogP contribution in [0.4, 0.5) is 0 Å². The minimum absolute atomic E-state index is 0. The fraction of sp³-hybridized carbons (Fsp3) is 0.900. The molecular weight excluding hydrogens is 336 g/mol. The van der Waals surface area contributed by atoms with E-state index in [4.69, 9.17) is 25.7 Å². The Labute approximate surface area is 137 Å². The van der Waals surface area contributed by atoms with Gasteiger partial charge in [-0.3, -0.25) is 4.79 Å². The van der Waals surface area contributed by atoms with Crippen LogP contribution in [-0.4, -0.2) is 50.2 Å². The van der Waals surface area contributed by atoms with Crippen LogP contribution in [0.25, 0.3) is 0 Å². The smallest absolute Gasteiger partial charge is 0.451 e. The third-order valence-electron chi connectivity index (χ3n) is 2.89. The first kappa shape index (κ1) is 23.8.